The molecule has 2 heterocycles. The molecule has 0 saturated heterocycles. The summed E-state index contributed by atoms with van der Waals surface area (Å²) < 4.78 is 12.0. The fourth-order valence-corrected chi connectivity index (χ4v) is 7.07. The van der Waals surface area contributed by atoms with Gasteiger partial charge in [-0.05, 0) is 98.9 Å². The van der Waals surface area contributed by atoms with Crippen LogP contribution in [-0.4, -0.2) is 33.7 Å². The maximum Gasteiger partial charge on any atom is 0.199 e. The summed E-state index contributed by atoms with van der Waals surface area (Å²) in [7, 11) is 0. The second-order valence-electron chi connectivity index (χ2n) is 16.4. The van der Waals surface area contributed by atoms with E-state index < -0.39 is 12.2 Å². The van der Waals surface area contributed by atoms with Crippen LogP contribution in [0.25, 0.3) is 0 Å². The van der Waals surface area contributed by atoms with Crippen molar-refractivity contribution in [1.29, 1.82) is 0 Å². The molecule has 2 atom stereocenters. The number of carbonyl (C=O) groups excluding carboxylic acids is 2. The van der Waals surface area contributed by atoms with E-state index in [2.05, 4.69) is 112 Å². The van der Waals surface area contributed by atoms with Crippen LogP contribution in [-0.2, 0) is 9.59 Å². The Morgan fingerprint density at radius 1 is 0.603 bits per heavy atom. The van der Waals surface area contributed by atoms with E-state index in [1.165, 1.54) is 0 Å². The Hall–Kier alpha value is -6.02. The van der Waals surface area contributed by atoms with E-state index in [1.807, 2.05) is 52.0 Å². The van der Waals surface area contributed by atoms with E-state index in [1.54, 1.807) is 36.7 Å². The first-order valence-corrected chi connectivity index (χ1v) is 19.7. The number of nitrogens with two attached hydrogens (primary N) is 2. The van der Waals surface area contributed by atoms with Crippen LogP contribution < -0.4 is 20.9 Å². The zero-order valence-electron chi connectivity index (χ0n) is 35.8. The number of pyridine rings is 2. The van der Waals surface area contributed by atoms with E-state index in [0.717, 1.165) is 33.4 Å². The molecule has 2 aliphatic carbocycles. The lowest BCUT2D eigenvalue weighted by molar-refractivity contribution is -0.124. The minimum absolute atomic E-state index is 0.0302. The minimum atomic E-state index is -0.604. The molecule has 58 heavy (non-hydrogen) atoms. The highest BCUT2D eigenvalue weighted by atomic mass is 16.5. The smallest absolute Gasteiger partial charge is 0.199 e. The highest BCUT2D eigenvalue weighted by Crippen LogP contribution is 2.42. The van der Waals surface area contributed by atoms with E-state index in [4.69, 9.17) is 20.9 Å². The standard InChI is InChI=1S/C50H60N4O4/c1-33(19-13-21-35(3)25-27-39-37(5)45(55)43(31-49(39,7)8)57-41-23-15-29-53-47(41)51)17-11-12-18-34(2)20-14-22-36(4)26-28-40-38(6)46(56)44(32-50(40,9)10)58-42-24-16-30-54-48(42)52/h11-30,43-44H,31-32H2,1-10H3,(H2,51,53)(H2,52,54)/b12-11+,19-13+,20-14+,27-25+,28-26+,33-17+,34-18+,35-21+,36-22+. The van der Waals surface area contributed by atoms with Crippen molar-refractivity contribution in [3.63, 3.8) is 0 Å². The molecule has 0 bridgehead atoms. The van der Waals surface area contributed by atoms with Crippen LogP contribution in [0.3, 0.4) is 0 Å². The van der Waals surface area contributed by atoms with Crippen LogP contribution >= 0.6 is 0 Å². The van der Waals surface area contributed by atoms with Crippen LogP contribution in [0.1, 0.15) is 82.1 Å². The van der Waals surface area contributed by atoms with E-state index in [-0.39, 0.29) is 34.0 Å². The van der Waals surface area contributed by atoms with Crippen LogP contribution in [0, 0.1) is 10.8 Å². The van der Waals surface area contributed by atoms with Gasteiger partial charge in [0.05, 0.1) is 0 Å². The second kappa shape index (κ2) is 19.9. The average molecular weight is 781 g/mol. The van der Waals surface area contributed by atoms with Crippen molar-refractivity contribution in [2.75, 3.05) is 11.5 Å². The molecule has 0 aliphatic heterocycles. The van der Waals surface area contributed by atoms with Gasteiger partial charge in [-0.1, -0.05) is 135 Å². The lowest BCUT2D eigenvalue weighted by Crippen LogP contribution is -2.39. The van der Waals surface area contributed by atoms with E-state index in [9.17, 15) is 9.59 Å². The van der Waals surface area contributed by atoms with Crippen LogP contribution in [0.4, 0.5) is 11.6 Å². The molecule has 0 aromatic carbocycles. The van der Waals surface area contributed by atoms with Gasteiger partial charge in [0, 0.05) is 25.2 Å². The number of Topliss-reactive ketones (excluding diaryl/α,β-unsaturated/α-hetero) is 2. The Balaban J connectivity index is 1.29. The SMILES string of the molecule is CC1=C(/C=C/C(C)=C/C=C/C(C)=C/C=C/C=C(C)/C=C/C=C(C)/C=C/C2=C(C)C(=O)C(Oc3cccnc3N)CC2(C)C)C(C)(C)CC(Oc2cccnc2N)C1=O. The van der Waals surface area contributed by atoms with E-state index in [0.29, 0.717) is 35.5 Å². The Kier molecular flexibility index (Phi) is 15.3. The number of anilines is 2. The molecule has 0 spiro atoms. The van der Waals surface area contributed by atoms with Crippen LogP contribution in [0.5, 0.6) is 11.5 Å². The summed E-state index contributed by atoms with van der Waals surface area (Å²) in [5.74, 6) is 1.36. The van der Waals surface area contributed by atoms with Gasteiger partial charge in [-0.25, -0.2) is 9.97 Å². The number of ether oxygens (including phenoxy) is 2. The van der Waals surface area contributed by atoms with Gasteiger partial charge in [0.1, 0.15) is 0 Å². The molecule has 2 aromatic rings. The number of allylic oxidation sites excluding steroid dienone is 20. The number of nitrogens with zero attached hydrogens (tertiary/aromatic N) is 2. The molecule has 0 fully saturated rings. The number of carbonyl (C=O) groups is 2. The van der Waals surface area contributed by atoms with Gasteiger partial charge in [-0.3, -0.25) is 9.59 Å². The molecule has 0 saturated carbocycles. The Morgan fingerprint density at radius 3 is 1.31 bits per heavy atom. The molecule has 2 aliphatic rings. The molecular formula is C50H60N4O4. The lowest BCUT2D eigenvalue weighted by Gasteiger charge is -2.36. The average Bonchev–Trinajstić information content (AvgIpc) is 3.15. The molecular weight excluding hydrogens is 721 g/mol. The van der Waals surface area contributed by atoms with Crippen LogP contribution in [0.2, 0.25) is 0 Å². The molecule has 304 valence electrons. The predicted octanol–water partition coefficient (Wildman–Crippen LogP) is 11.0. The fraction of sp³-hybridized carbons (Fsp3) is 0.320. The first kappa shape index (κ1) is 44.7. The van der Waals surface area contributed by atoms with Gasteiger partial charge in [-0.15, -0.1) is 0 Å². The summed E-state index contributed by atoms with van der Waals surface area (Å²) in [5, 5.41) is 0. The van der Waals surface area contributed by atoms with Gasteiger partial charge >= 0.3 is 0 Å². The molecule has 2 aromatic heterocycles. The third-order valence-corrected chi connectivity index (χ3v) is 10.4. The van der Waals surface area contributed by atoms with Crippen molar-refractivity contribution in [3.8, 4) is 11.5 Å². The Bertz CT molecular complexity index is 2060. The Labute approximate surface area is 345 Å². The topological polar surface area (TPSA) is 130 Å². The Morgan fingerprint density at radius 2 is 0.948 bits per heavy atom. The number of ketones is 2. The van der Waals surface area contributed by atoms with Gasteiger partial charge in [0.2, 0.25) is 0 Å². The van der Waals surface area contributed by atoms with Gasteiger partial charge in [-0.2, -0.15) is 0 Å². The first-order chi connectivity index (χ1) is 27.4. The van der Waals surface area contributed by atoms with Gasteiger partial charge in [0.15, 0.2) is 46.9 Å². The maximum atomic E-state index is 13.3. The molecule has 2 unspecified atom stereocenters. The monoisotopic (exact) mass is 780 g/mol. The zero-order valence-corrected chi connectivity index (χ0v) is 35.8. The highest BCUT2D eigenvalue weighted by Gasteiger charge is 2.40. The molecule has 0 amide bonds. The summed E-state index contributed by atoms with van der Waals surface area (Å²) >= 11 is 0. The van der Waals surface area contributed by atoms with Crippen molar-refractivity contribution in [1.82, 2.24) is 9.97 Å². The van der Waals surface area contributed by atoms with Gasteiger partial charge < -0.3 is 20.9 Å². The molecule has 8 heteroatoms. The van der Waals surface area contributed by atoms with Crippen molar-refractivity contribution >= 4 is 23.2 Å². The lowest BCUT2D eigenvalue weighted by atomic mass is 9.71. The molecule has 4 N–H and O–H groups in total. The molecule has 4 rings (SSSR count). The summed E-state index contributed by atoms with van der Waals surface area (Å²) in [6.07, 6.45) is 31.8. The number of nitrogen functional groups attached to an aromatic ring is 2. The second-order valence-corrected chi connectivity index (χ2v) is 16.4. The van der Waals surface area contributed by atoms with Gasteiger partial charge in [0.25, 0.3) is 0 Å². The van der Waals surface area contributed by atoms with E-state index >= 15 is 0 Å². The summed E-state index contributed by atoms with van der Waals surface area (Å²) in [6, 6.07) is 6.98. The molecule has 0 radical (unpaired) electrons. The zero-order chi connectivity index (χ0) is 42.6. The third-order valence-electron chi connectivity index (χ3n) is 10.4. The summed E-state index contributed by atoms with van der Waals surface area (Å²) in [4.78, 5) is 34.7. The first-order valence-electron chi connectivity index (χ1n) is 19.7. The summed E-state index contributed by atoms with van der Waals surface area (Å²) in [5.41, 5.74) is 19.2. The molecule has 8 nitrogen and oxygen atoms in total. The predicted molar refractivity (Wildman–Crippen MR) is 239 cm³/mol. The number of hydrogen-bond acceptors (Lipinski definition) is 8. The quantitative estimate of drug-likeness (QED) is 0.181. The largest absolute Gasteiger partial charge is 0.478 e. The normalized spacial score (nSPS) is 21.2. The number of rotatable bonds is 14. The van der Waals surface area contributed by atoms with Crippen molar-refractivity contribution in [3.05, 3.63) is 166 Å². The minimum Gasteiger partial charge on any atom is -0.478 e. The van der Waals surface area contributed by atoms with Crippen molar-refractivity contribution in [2.45, 2.75) is 94.3 Å². The van der Waals surface area contributed by atoms with Crippen LogP contribution in [0.15, 0.2) is 166 Å². The van der Waals surface area contributed by atoms with Crippen molar-refractivity contribution < 1.29 is 19.1 Å². The van der Waals surface area contributed by atoms with Crippen molar-refractivity contribution in [2.24, 2.45) is 10.8 Å². The summed E-state index contributed by atoms with van der Waals surface area (Å²) in [6.45, 7) is 20.5. The highest BCUT2D eigenvalue weighted by molar-refractivity contribution is 6.01. The fourth-order valence-electron chi connectivity index (χ4n) is 7.07. The maximum absolute atomic E-state index is 13.3. The number of aromatic nitrogens is 2. The third kappa shape index (κ3) is 12.2. The number of hydrogen-bond donors (Lipinski definition) is 2.